The van der Waals surface area contributed by atoms with Gasteiger partial charge in [0.2, 0.25) is 0 Å². The summed E-state index contributed by atoms with van der Waals surface area (Å²) in [4.78, 5) is 81.8. The number of anilines is 2. The third-order valence-electron chi connectivity index (χ3n) is 10.2. The number of carbonyl (C=O) groups is 8. The first-order valence-corrected chi connectivity index (χ1v) is 22.5. The van der Waals surface area contributed by atoms with E-state index in [1.54, 1.807) is 0 Å². The normalized spacial score (nSPS) is 13.9. The summed E-state index contributed by atoms with van der Waals surface area (Å²) in [5.41, 5.74) is 5.32. The highest BCUT2D eigenvalue weighted by Crippen LogP contribution is 2.12. The van der Waals surface area contributed by atoms with Gasteiger partial charge >= 0.3 is 0 Å². The van der Waals surface area contributed by atoms with Crippen LogP contribution in [0.25, 0.3) is 0 Å². The number of hydrogen-bond donors (Lipinski definition) is 2. The quantitative estimate of drug-likeness (QED) is 0.111. The van der Waals surface area contributed by atoms with E-state index in [4.69, 9.17) is 79.2 Å². The van der Waals surface area contributed by atoms with E-state index in [1.807, 2.05) is 0 Å². The molecule has 2 aliphatic heterocycles. The Morgan fingerprint density at radius 3 is 0.795 bits per heavy atom. The number of hydrogen-bond acceptors (Lipinski definition) is 22. The van der Waals surface area contributed by atoms with Crippen LogP contribution in [0.2, 0.25) is 0 Å². The number of para-hydroxylation sites is 2. The van der Waals surface area contributed by atoms with E-state index in [0.717, 1.165) is 25.9 Å². The minimum absolute atomic E-state index is 0. The second-order valence-electron chi connectivity index (χ2n) is 15.9. The molecule has 2 aliphatic rings. The summed E-state index contributed by atoms with van der Waals surface area (Å²) in [5, 5.41) is 78.6. The molecular formula is C50H60N6O17-8. The molecular weight excluding hydrogens is 957 g/mol. The predicted molar refractivity (Wildman–Crippen MR) is 249 cm³/mol. The van der Waals surface area contributed by atoms with Crippen molar-refractivity contribution in [3.8, 4) is 0 Å². The molecule has 4 aromatic rings. The maximum Gasteiger partial charge on any atom is 0.0870 e. The van der Waals surface area contributed by atoms with Gasteiger partial charge in [0, 0.05) is 102 Å². The van der Waals surface area contributed by atoms with Gasteiger partial charge in [-0.1, -0.05) is 97.1 Å². The Hall–Kier alpha value is -7.96. The molecule has 2 unspecified atom stereocenters. The summed E-state index contributed by atoms with van der Waals surface area (Å²) in [5.74, 6) is -17.5. The van der Waals surface area contributed by atoms with Crippen molar-refractivity contribution in [2.75, 3.05) is 89.2 Å². The molecule has 4 aromatic carbocycles. The zero-order valence-electron chi connectivity index (χ0n) is 40.4. The molecule has 4 N–H and O–H groups in total. The summed E-state index contributed by atoms with van der Waals surface area (Å²) in [6.45, 7) is 18.6. The van der Waals surface area contributed by atoms with E-state index >= 15 is 0 Å². The molecule has 0 amide bonds. The Labute approximate surface area is 422 Å². The van der Waals surface area contributed by atoms with Crippen LogP contribution in [-0.2, 0) is 51.2 Å². The number of nitrogens with one attached hydrogen (secondary N) is 2. The topological polar surface area (TPSA) is 390 Å². The second kappa shape index (κ2) is 37.8. The largest absolute Gasteiger partial charge is 0.543 e. The van der Waals surface area contributed by atoms with Crippen molar-refractivity contribution in [3.05, 3.63) is 132 Å². The van der Waals surface area contributed by atoms with E-state index in [0.29, 0.717) is 12.1 Å². The van der Waals surface area contributed by atoms with Crippen molar-refractivity contribution < 1.29 is 84.7 Å². The molecule has 0 saturated carbocycles. The van der Waals surface area contributed by atoms with Gasteiger partial charge in [0.05, 0.1) is 47.8 Å². The average molecular weight is 1020 g/mol. The first-order valence-electron chi connectivity index (χ1n) is 22.5. The molecule has 2 fully saturated rings. The Kier molecular flexibility index (Phi) is 33.7. The maximum atomic E-state index is 8.93. The molecule has 0 spiro atoms. The lowest BCUT2D eigenvalue weighted by Crippen LogP contribution is -2.49. The van der Waals surface area contributed by atoms with Crippen molar-refractivity contribution >= 4 is 59.1 Å². The number of nitrogens with zero attached hydrogens (tertiary/aromatic N) is 4. The molecule has 0 bridgehead atoms. The summed E-state index contributed by atoms with van der Waals surface area (Å²) < 4.78 is 0. The van der Waals surface area contributed by atoms with E-state index in [9.17, 15) is 0 Å². The smallest absolute Gasteiger partial charge is 0.0870 e. The molecule has 23 nitrogen and oxygen atoms in total. The van der Waals surface area contributed by atoms with Crippen LogP contribution in [-0.4, -0.2) is 163 Å². The van der Waals surface area contributed by atoms with Crippen LogP contribution in [0.4, 0.5) is 11.4 Å². The van der Waals surface area contributed by atoms with Gasteiger partial charge in [-0.25, -0.2) is 0 Å². The van der Waals surface area contributed by atoms with E-state index in [-0.39, 0.29) is 5.48 Å². The van der Waals surface area contributed by atoms with Crippen molar-refractivity contribution in [2.24, 2.45) is 0 Å². The lowest BCUT2D eigenvalue weighted by molar-refractivity contribution is -0.345. The summed E-state index contributed by atoms with van der Waals surface area (Å²) in [6, 6.07) is 43.6. The van der Waals surface area contributed by atoms with Crippen molar-refractivity contribution in [3.63, 3.8) is 0 Å². The van der Waals surface area contributed by atoms with E-state index in [1.165, 1.54) is 87.9 Å². The van der Waals surface area contributed by atoms with Crippen molar-refractivity contribution in [1.82, 2.24) is 19.6 Å². The molecule has 73 heavy (non-hydrogen) atoms. The number of aliphatic carboxylic acids is 8. The average Bonchev–Trinajstić information content (AvgIpc) is 3.35. The first-order chi connectivity index (χ1) is 34.2. The maximum absolute atomic E-state index is 8.93. The molecule has 400 valence electrons. The van der Waals surface area contributed by atoms with Gasteiger partial charge in [-0.2, -0.15) is 0 Å². The first kappa shape index (κ1) is 65.0. The third-order valence-corrected chi connectivity index (χ3v) is 10.2. The van der Waals surface area contributed by atoms with Gasteiger partial charge in [-0.15, -0.1) is 0 Å². The molecule has 0 radical (unpaired) electrons. The Morgan fingerprint density at radius 2 is 0.575 bits per heavy atom. The standard InChI is InChI=1S/2C21H29N3.4C2H2O4.H2O/c2*1-19(22-21-10-6-3-7-11-21)18-24-16-14-23(15-17-24)13-12-20-8-4-2-5-9-20;4*3-1(4)2(5)6;/h2*2-11,19,22H,12-18H2,1H3;4*(H,3,4)(H,5,6);1H2/p-8. The number of carbonyl (C=O) groups excluding carboxylic acids is 8. The van der Waals surface area contributed by atoms with Crippen LogP contribution in [0, 0.1) is 0 Å². The zero-order chi connectivity index (χ0) is 53.8. The fraction of sp³-hybridized carbons (Fsp3) is 0.360. The number of rotatable bonds is 14. The van der Waals surface area contributed by atoms with Gasteiger partial charge in [0.25, 0.3) is 0 Å². The Morgan fingerprint density at radius 1 is 0.370 bits per heavy atom. The molecule has 0 aliphatic carbocycles. The molecule has 2 saturated heterocycles. The molecule has 23 heteroatoms. The van der Waals surface area contributed by atoms with Crippen LogP contribution < -0.4 is 51.5 Å². The number of carboxylic acid groups (broad SMARTS) is 8. The SMILES string of the molecule is CC(CN1CCN(CCc2ccccc2)CC1)Nc1ccccc1.CC(CN1CCN(CCc2ccccc2)CC1)Nc1ccccc1.O.O=C([O-])C(=O)[O-].O=C([O-])C(=O)[O-].O=C([O-])C(=O)[O-].O=C([O-])C(=O)[O-]. The third kappa shape index (κ3) is 33.3. The van der Waals surface area contributed by atoms with Crippen LogP contribution in [0.1, 0.15) is 25.0 Å². The number of carboxylic acids is 8. The summed E-state index contributed by atoms with van der Waals surface area (Å²) >= 11 is 0. The van der Waals surface area contributed by atoms with Gasteiger partial charge in [-0.3, -0.25) is 9.80 Å². The van der Waals surface area contributed by atoms with E-state index in [2.05, 4.69) is 165 Å². The second-order valence-corrected chi connectivity index (χ2v) is 15.9. The molecule has 6 rings (SSSR count). The summed E-state index contributed by atoms with van der Waals surface area (Å²) in [6.07, 6.45) is 2.32. The highest BCUT2D eigenvalue weighted by atomic mass is 16.5. The number of piperazine rings is 2. The predicted octanol–water partition coefficient (Wildman–Crippen LogP) is -8.19. The highest BCUT2D eigenvalue weighted by molar-refractivity contribution is 6.26. The monoisotopic (exact) mass is 1020 g/mol. The minimum Gasteiger partial charge on any atom is -0.543 e. The fourth-order valence-corrected chi connectivity index (χ4v) is 6.76. The van der Waals surface area contributed by atoms with Crippen LogP contribution in [0.5, 0.6) is 0 Å². The number of benzene rings is 4. The lowest BCUT2D eigenvalue weighted by Gasteiger charge is -2.36. The van der Waals surface area contributed by atoms with Crippen LogP contribution in [0.3, 0.4) is 0 Å². The fourth-order valence-electron chi connectivity index (χ4n) is 6.76. The van der Waals surface area contributed by atoms with Crippen molar-refractivity contribution in [1.29, 1.82) is 0 Å². The Balaban J connectivity index is 0.000000979. The van der Waals surface area contributed by atoms with Gasteiger partial charge in [0.15, 0.2) is 0 Å². The van der Waals surface area contributed by atoms with Gasteiger partial charge in [0.1, 0.15) is 0 Å². The van der Waals surface area contributed by atoms with Crippen molar-refractivity contribution in [2.45, 2.75) is 38.8 Å². The zero-order valence-corrected chi connectivity index (χ0v) is 40.4. The van der Waals surface area contributed by atoms with E-state index < -0.39 is 47.8 Å². The summed E-state index contributed by atoms with van der Waals surface area (Å²) in [7, 11) is 0. The van der Waals surface area contributed by atoms with Crippen LogP contribution >= 0.6 is 0 Å². The molecule has 2 heterocycles. The Bertz CT molecular complexity index is 1960. The minimum atomic E-state index is -2.19. The molecule has 2 atom stereocenters. The van der Waals surface area contributed by atoms with Gasteiger partial charge < -0.3 is 105 Å². The lowest BCUT2D eigenvalue weighted by atomic mass is 10.1. The van der Waals surface area contributed by atoms with Crippen LogP contribution in [0.15, 0.2) is 121 Å². The molecule has 0 aromatic heterocycles. The van der Waals surface area contributed by atoms with Gasteiger partial charge in [-0.05, 0) is 62.1 Å². The highest BCUT2D eigenvalue weighted by Gasteiger charge is 2.19.